The molecule has 2 rings (SSSR count). The molecule has 0 radical (unpaired) electrons. The zero-order valence-corrected chi connectivity index (χ0v) is 20.6. The molecule has 4 nitrogen and oxygen atoms in total. The van der Waals surface area contributed by atoms with Gasteiger partial charge in [0.05, 0.1) is 0 Å². The van der Waals surface area contributed by atoms with Crippen molar-refractivity contribution in [1.29, 1.82) is 0 Å². The second-order valence-electron chi connectivity index (χ2n) is 7.37. The van der Waals surface area contributed by atoms with Gasteiger partial charge in [-0.05, 0) is 31.4 Å². The summed E-state index contributed by atoms with van der Waals surface area (Å²) in [5.41, 5.74) is 1.91. The number of hydrogen-bond acceptors (Lipinski definition) is 3. The number of rotatable bonds is 7. The molecule has 1 amide bonds. The predicted octanol–water partition coefficient (Wildman–Crippen LogP) is 4.90. The third kappa shape index (κ3) is 14.3. The summed E-state index contributed by atoms with van der Waals surface area (Å²) in [4.78, 5) is 16.6. The highest BCUT2D eigenvalue weighted by Gasteiger charge is 2.13. The van der Waals surface area contributed by atoms with Gasteiger partial charge in [0.15, 0.2) is 0 Å². The molecule has 30 heavy (non-hydrogen) atoms. The van der Waals surface area contributed by atoms with E-state index in [0.717, 1.165) is 50.1 Å². The third-order valence-corrected chi connectivity index (χ3v) is 5.10. The number of likely N-dealkylation sites (N-methyl/N-ethyl adjacent to an activating group) is 1. The number of aryl methyl sites for hydroxylation is 1. The van der Waals surface area contributed by atoms with Gasteiger partial charge in [-0.25, -0.2) is 0 Å². The summed E-state index contributed by atoms with van der Waals surface area (Å²) in [5, 5.41) is 4.05. The van der Waals surface area contributed by atoms with Gasteiger partial charge in [0.25, 0.3) is 5.91 Å². The molecule has 0 spiro atoms. The van der Waals surface area contributed by atoms with Gasteiger partial charge >= 0.3 is 0 Å². The quantitative estimate of drug-likeness (QED) is 0.493. The fourth-order valence-electron chi connectivity index (χ4n) is 2.41. The van der Waals surface area contributed by atoms with E-state index in [1.54, 1.807) is 12.2 Å². The Hall–Kier alpha value is -1.74. The van der Waals surface area contributed by atoms with Crippen molar-refractivity contribution < 1.29 is 4.79 Å². The third-order valence-electron chi connectivity index (χ3n) is 4.67. The van der Waals surface area contributed by atoms with E-state index in [0.29, 0.717) is 0 Å². The molecule has 1 aromatic carbocycles. The van der Waals surface area contributed by atoms with Crippen molar-refractivity contribution in [2.75, 3.05) is 46.3 Å². The van der Waals surface area contributed by atoms with Crippen LogP contribution in [0.25, 0.3) is 0 Å². The summed E-state index contributed by atoms with van der Waals surface area (Å²) in [7, 11) is 4.68. The van der Waals surface area contributed by atoms with Crippen LogP contribution in [0.15, 0.2) is 61.0 Å². The van der Waals surface area contributed by atoms with Crippen LogP contribution in [0.2, 0.25) is 0 Å². The summed E-state index contributed by atoms with van der Waals surface area (Å²) < 4.78 is 0. The summed E-state index contributed by atoms with van der Waals surface area (Å²) in [6, 6.07) is 7.69. The molecule has 168 valence electrons. The van der Waals surface area contributed by atoms with Crippen LogP contribution in [0.1, 0.15) is 42.6 Å². The smallest absolute Gasteiger partial charge is 0.251 e. The van der Waals surface area contributed by atoms with E-state index in [-0.39, 0.29) is 5.91 Å². The second-order valence-corrected chi connectivity index (χ2v) is 8.04. The lowest BCUT2D eigenvalue weighted by Crippen LogP contribution is -2.46. The van der Waals surface area contributed by atoms with E-state index in [2.05, 4.69) is 58.4 Å². The van der Waals surface area contributed by atoms with Crippen LogP contribution in [0.4, 0.5) is 0 Å². The molecule has 1 N–H and O–H groups in total. The summed E-state index contributed by atoms with van der Waals surface area (Å²) in [6.07, 6.45) is 7.99. The Morgan fingerprint density at radius 1 is 1.10 bits per heavy atom. The van der Waals surface area contributed by atoms with Crippen molar-refractivity contribution in [2.24, 2.45) is 0 Å². The van der Waals surface area contributed by atoms with Gasteiger partial charge in [-0.3, -0.25) is 9.69 Å². The van der Waals surface area contributed by atoms with Crippen LogP contribution >= 0.6 is 9.24 Å². The van der Waals surface area contributed by atoms with Crippen molar-refractivity contribution >= 4 is 15.1 Å². The average Bonchev–Trinajstić information content (AvgIpc) is 2.76. The van der Waals surface area contributed by atoms with Crippen LogP contribution in [0.3, 0.4) is 0 Å². The van der Waals surface area contributed by atoms with Crippen molar-refractivity contribution in [3.8, 4) is 0 Å². The van der Waals surface area contributed by atoms with E-state index >= 15 is 0 Å². The summed E-state index contributed by atoms with van der Waals surface area (Å²) >= 11 is 0. The maximum atomic E-state index is 11.9. The van der Waals surface area contributed by atoms with Crippen LogP contribution in [-0.4, -0.2) is 62.0 Å². The van der Waals surface area contributed by atoms with Gasteiger partial charge in [-0.15, -0.1) is 9.24 Å². The fraction of sp³-hybridized carbons (Fsp3) is 0.480. The van der Waals surface area contributed by atoms with Gasteiger partial charge in [-0.2, -0.15) is 0 Å². The van der Waals surface area contributed by atoms with Crippen molar-refractivity contribution in [3.63, 3.8) is 0 Å². The number of nitrogens with one attached hydrogen (secondary N) is 1. The lowest BCUT2D eigenvalue weighted by molar-refractivity contribution is 0.0941. The van der Waals surface area contributed by atoms with Crippen molar-refractivity contribution in [1.82, 2.24) is 15.1 Å². The van der Waals surface area contributed by atoms with E-state index in [1.165, 1.54) is 18.4 Å². The minimum Gasteiger partial charge on any atom is -0.351 e. The molecule has 0 aliphatic carbocycles. The standard InChI is InChI=1S/C15H23N3O.C6H9P.C4H10/c1-13-3-5-14(6-4-13)15(19)16-7-8-18-11-9-17(2)10-12-18;1-3-5-6(7)4-2;1-3-4-2/h3-6H,7-12H2,1-2H3,(H,16,19);3-5H,1-2,7H2;3-4H2,1-2H3/b;6-5+;. The average molecular weight is 432 g/mol. The van der Waals surface area contributed by atoms with Crippen molar-refractivity contribution in [3.05, 3.63) is 72.1 Å². The monoisotopic (exact) mass is 431 g/mol. The number of hydrogen-bond donors (Lipinski definition) is 1. The molecule has 0 bridgehead atoms. The van der Waals surface area contributed by atoms with Gasteiger partial charge in [-0.1, -0.05) is 75.8 Å². The SMILES string of the molecule is C=C/C=C(/P)C=C.CCCC.Cc1ccc(C(=O)NCCN2CCN(C)CC2)cc1. The largest absolute Gasteiger partial charge is 0.351 e. The Morgan fingerprint density at radius 3 is 2.10 bits per heavy atom. The molecule has 0 saturated carbocycles. The number of carbonyl (C=O) groups excluding carboxylic acids is 1. The Morgan fingerprint density at radius 2 is 1.67 bits per heavy atom. The number of allylic oxidation sites excluding steroid dienone is 4. The van der Waals surface area contributed by atoms with Gasteiger partial charge in [0.2, 0.25) is 0 Å². The van der Waals surface area contributed by atoms with E-state index < -0.39 is 0 Å². The molecule has 1 aromatic rings. The van der Waals surface area contributed by atoms with Crippen LogP contribution < -0.4 is 5.32 Å². The number of amides is 1. The minimum atomic E-state index is 0.0223. The molecule has 1 saturated heterocycles. The molecule has 1 fully saturated rings. The number of benzene rings is 1. The maximum Gasteiger partial charge on any atom is 0.251 e. The van der Waals surface area contributed by atoms with E-state index in [1.807, 2.05) is 37.3 Å². The van der Waals surface area contributed by atoms with Crippen LogP contribution in [0, 0.1) is 6.92 Å². The molecule has 1 aliphatic rings. The minimum absolute atomic E-state index is 0.0223. The van der Waals surface area contributed by atoms with Gasteiger partial charge in [0, 0.05) is 44.8 Å². The Labute approximate surface area is 187 Å². The molecular weight excluding hydrogens is 389 g/mol. The Balaban J connectivity index is 0.000000636. The first kappa shape index (κ1) is 28.3. The number of nitrogens with zero attached hydrogens (tertiary/aromatic N) is 2. The first-order chi connectivity index (χ1) is 14.4. The first-order valence-corrected chi connectivity index (χ1v) is 11.4. The lowest BCUT2D eigenvalue weighted by Gasteiger charge is -2.32. The molecule has 1 unspecified atom stereocenters. The number of unbranched alkanes of at least 4 members (excludes halogenated alkanes) is 1. The number of carbonyl (C=O) groups is 1. The number of piperazine rings is 1. The van der Waals surface area contributed by atoms with E-state index in [4.69, 9.17) is 0 Å². The highest BCUT2D eigenvalue weighted by Crippen LogP contribution is 2.04. The molecule has 5 heteroatoms. The van der Waals surface area contributed by atoms with Gasteiger partial charge in [0.1, 0.15) is 0 Å². The highest BCUT2D eigenvalue weighted by molar-refractivity contribution is 7.22. The summed E-state index contributed by atoms with van der Waals surface area (Å²) in [6.45, 7) is 19.5. The topological polar surface area (TPSA) is 35.6 Å². The highest BCUT2D eigenvalue weighted by atomic mass is 31.0. The lowest BCUT2D eigenvalue weighted by atomic mass is 10.1. The molecule has 1 heterocycles. The van der Waals surface area contributed by atoms with Gasteiger partial charge < -0.3 is 10.2 Å². The zero-order chi connectivity index (χ0) is 22.8. The second kappa shape index (κ2) is 18.1. The molecule has 1 aliphatic heterocycles. The van der Waals surface area contributed by atoms with E-state index in [9.17, 15) is 4.79 Å². The van der Waals surface area contributed by atoms with Crippen LogP contribution in [-0.2, 0) is 0 Å². The molecule has 0 aromatic heterocycles. The normalized spacial score (nSPS) is 14.5. The molecule has 1 atom stereocenters. The predicted molar refractivity (Wildman–Crippen MR) is 136 cm³/mol. The zero-order valence-electron chi connectivity index (χ0n) is 19.5. The molecular formula is C25H42N3OP. The maximum absolute atomic E-state index is 11.9. The summed E-state index contributed by atoms with van der Waals surface area (Å²) in [5.74, 6) is 0.0223. The van der Waals surface area contributed by atoms with Crippen molar-refractivity contribution in [2.45, 2.75) is 33.6 Å². The first-order valence-electron chi connectivity index (χ1n) is 10.8. The Kier molecular flexibility index (Phi) is 17.0. The Bertz CT molecular complexity index is 630. The fourth-order valence-corrected chi connectivity index (χ4v) is 2.55. The van der Waals surface area contributed by atoms with Crippen LogP contribution in [0.5, 0.6) is 0 Å².